The van der Waals surface area contributed by atoms with Gasteiger partial charge in [0, 0.05) is 11.6 Å². The summed E-state index contributed by atoms with van der Waals surface area (Å²) < 4.78 is 3.27. The standard InChI is InChI=1S/C13H13Cl2N7.ClH/c1-8-17-13(11-7-21(5-4-16)20-18-11)22(19-8)12-6-9(14)2-3-10(12)15;/h2-3,6-7H,4-5,16H2,1H3;1H. The first-order valence-corrected chi connectivity index (χ1v) is 7.33. The van der Waals surface area contributed by atoms with E-state index in [0.29, 0.717) is 46.2 Å². The van der Waals surface area contributed by atoms with Gasteiger partial charge in [0.1, 0.15) is 11.5 Å². The van der Waals surface area contributed by atoms with Crippen molar-refractivity contribution in [2.75, 3.05) is 6.54 Å². The van der Waals surface area contributed by atoms with Crippen molar-refractivity contribution in [2.24, 2.45) is 5.73 Å². The van der Waals surface area contributed by atoms with Crippen LogP contribution in [-0.2, 0) is 6.54 Å². The number of benzene rings is 1. The molecule has 0 unspecified atom stereocenters. The molecule has 23 heavy (non-hydrogen) atoms. The van der Waals surface area contributed by atoms with Crippen molar-refractivity contribution in [3.05, 3.63) is 40.3 Å². The summed E-state index contributed by atoms with van der Waals surface area (Å²) in [5.74, 6) is 1.14. The van der Waals surface area contributed by atoms with Crippen LogP contribution in [0.5, 0.6) is 0 Å². The third kappa shape index (κ3) is 3.64. The first-order valence-electron chi connectivity index (χ1n) is 6.58. The molecule has 0 saturated carbocycles. The molecule has 0 spiro atoms. The van der Waals surface area contributed by atoms with E-state index in [1.54, 1.807) is 40.7 Å². The minimum Gasteiger partial charge on any atom is -0.329 e. The normalized spacial score (nSPS) is 10.6. The molecule has 0 bridgehead atoms. The minimum absolute atomic E-state index is 0. The fraction of sp³-hybridized carbons (Fsp3) is 0.231. The van der Waals surface area contributed by atoms with E-state index in [1.807, 2.05) is 0 Å². The maximum atomic E-state index is 6.25. The highest BCUT2D eigenvalue weighted by atomic mass is 35.5. The SMILES string of the molecule is Cc1nc(-c2cn(CCN)nn2)n(-c2cc(Cl)ccc2Cl)n1.Cl. The second-order valence-electron chi connectivity index (χ2n) is 4.65. The van der Waals surface area contributed by atoms with E-state index in [-0.39, 0.29) is 12.4 Å². The Labute approximate surface area is 148 Å². The van der Waals surface area contributed by atoms with Gasteiger partial charge in [-0.05, 0) is 25.1 Å². The fourth-order valence-electron chi connectivity index (χ4n) is 2.04. The molecule has 3 aromatic rings. The molecule has 2 N–H and O–H groups in total. The highest BCUT2D eigenvalue weighted by Gasteiger charge is 2.17. The summed E-state index contributed by atoms with van der Waals surface area (Å²) in [6.07, 6.45) is 1.77. The van der Waals surface area contributed by atoms with Gasteiger partial charge in [-0.25, -0.2) is 9.67 Å². The lowest BCUT2D eigenvalue weighted by Crippen LogP contribution is -2.10. The summed E-state index contributed by atoms with van der Waals surface area (Å²) in [5, 5.41) is 13.6. The van der Waals surface area contributed by atoms with Gasteiger partial charge in [0.05, 0.1) is 23.5 Å². The Bertz CT molecular complexity index is 812. The lowest BCUT2D eigenvalue weighted by molar-refractivity contribution is 0.598. The molecule has 0 atom stereocenters. The van der Waals surface area contributed by atoms with Gasteiger partial charge in [-0.1, -0.05) is 28.4 Å². The van der Waals surface area contributed by atoms with Gasteiger partial charge in [-0.3, -0.25) is 4.68 Å². The van der Waals surface area contributed by atoms with Crippen molar-refractivity contribution >= 4 is 35.6 Å². The molecule has 1 aromatic carbocycles. The molecule has 0 fully saturated rings. The monoisotopic (exact) mass is 373 g/mol. The van der Waals surface area contributed by atoms with E-state index in [1.165, 1.54) is 0 Å². The van der Waals surface area contributed by atoms with Gasteiger partial charge in [-0.15, -0.1) is 17.5 Å². The van der Waals surface area contributed by atoms with Crippen molar-refractivity contribution in [2.45, 2.75) is 13.5 Å². The second-order valence-corrected chi connectivity index (χ2v) is 5.49. The molecule has 0 radical (unpaired) electrons. The highest BCUT2D eigenvalue weighted by Crippen LogP contribution is 2.27. The average molecular weight is 375 g/mol. The molecule has 0 aliphatic heterocycles. The zero-order valence-corrected chi connectivity index (χ0v) is 14.5. The molecule has 0 aliphatic carbocycles. The number of hydrogen-bond acceptors (Lipinski definition) is 5. The molecule has 0 aliphatic rings. The van der Waals surface area contributed by atoms with E-state index in [0.717, 1.165) is 0 Å². The van der Waals surface area contributed by atoms with Crippen molar-refractivity contribution in [1.29, 1.82) is 0 Å². The Hall–Kier alpha value is -1.67. The van der Waals surface area contributed by atoms with Crippen LogP contribution >= 0.6 is 35.6 Å². The van der Waals surface area contributed by atoms with E-state index in [4.69, 9.17) is 28.9 Å². The quantitative estimate of drug-likeness (QED) is 0.758. The maximum Gasteiger partial charge on any atom is 0.185 e. The van der Waals surface area contributed by atoms with Crippen LogP contribution in [0.2, 0.25) is 10.0 Å². The summed E-state index contributed by atoms with van der Waals surface area (Å²) in [5.41, 5.74) is 6.74. The van der Waals surface area contributed by atoms with Crippen LogP contribution < -0.4 is 5.73 Å². The number of nitrogens with two attached hydrogens (primary N) is 1. The van der Waals surface area contributed by atoms with Crippen LogP contribution in [0.1, 0.15) is 5.82 Å². The Morgan fingerprint density at radius 2 is 2.04 bits per heavy atom. The van der Waals surface area contributed by atoms with E-state index >= 15 is 0 Å². The van der Waals surface area contributed by atoms with Crippen LogP contribution in [0.25, 0.3) is 17.2 Å². The van der Waals surface area contributed by atoms with E-state index < -0.39 is 0 Å². The Balaban J connectivity index is 0.00000192. The Morgan fingerprint density at radius 3 is 2.78 bits per heavy atom. The Kier molecular flexibility index (Phi) is 5.59. The van der Waals surface area contributed by atoms with Crippen LogP contribution in [0, 0.1) is 6.92 Å². The van der Waals surface area contributed by atoms with Gasteiger partial charge in [-0.2, -0.15) is 5.10 Å². The van der Waals surface area contributed by atoms with Crippen molar-refractivity contribution < 1.29 is 0 Å². The van der Waals surface area contributed by atoms with Crippen LogP contribution in [0.15, 0.2) is 24.4 Å². The van der Waals surface area contributed by atoms with Crippen LogP contribution in [-0.4, -0.2) is 36.3 Å². The van der Waals surface area contributed by atoms with Gasteiger partial charge < -0.3 is 5.73 Å². The van der Waals surface area contributed by atoms with Crippen molar-refractivity contribution in [1.82, 2.24) is 29.8 Å². The Morgan fingerprint density at radius 1 is 1.26 bits per heavy atom. The van der Waals surface area contributed by atoms with Gasteiger partial charge in [0.2, 0.25) is 0 Å². The predicted octanol–water partition coefficient (Wildman–Crippen LogP) is 2.52. The molecule has 2 heterocycles. The average Bonchev–Trinajstić information content (AvgIpc) is 3.08. The lowest BCUT2D eigenvalue weighted by Gasteiger charge is -2.06. The summed E-state index contributed by atoms with van der Waals surface area (Å²) in [7, 11) is 0. The molecule has 2 aromatic heterocycles. The third-order valence-corrected chi connectivity index (χ3v) is 3.53. The van der Waals surface area contributed by atoms with Gasteiger partial charge >= 0.3 is 0 Å². The number of aromatic nitrogens is 6. The molecular weight excluding hydrogens is 361 g/mol. The number of hydrogen-bond donors (Lipinski definition) is 1. The van der Waals surface area contributed by atoms with Gasteiger partial charge in [0.25, 0.3) is 0 Å². The molecule has 7 nitrogen and oxygen atoms in total. The number of aryl methyl sites for hydroxylation is 1. The number of nitrogens with zero attached hydrogens (tertiary/aromatic N) is 6. The molecule has 10 heteroatoms. The van der Waals surface area contributed by atoms with Crippen molar-refractivity contribution in [3.8, 4) is 17.2 Å². The first-order chi connectivity index (χ1) is 10.6. The maximum absolute atomic E-state index is 6.25. The molecule has 0 amide bonds. The van der Waals surface area contributed by atoms with E-state index in [9.17, 15) is 0 Å². The smallest absolute Gasteiger partial charge is 0.185 e. The minimum atomic E-state index is 0. The summed E-state index contributed by atoms with van der Waals surface area (Å²) in [4.78, 5) is 4.40. The molecule has 0 saturated heterocycles. The number of rotatable bonds is 4. The van der Waals surface area contributed by atoms with Gasteiger partial charge in [0.15, 0.2) is 5.82 Å². The van der Waals surface area contributed by atoms with E-state index in [2.05, 4.69) is 20.4 Å². The summed E-state index contributed by atoms with van der Waals surface area (Å²) in [6, 6.07) is 5.16. The fourth-order valence-corrected chi connectivity index (χ4v) is 2.40. The first kappa shape index (κ1) is 17.7. The molecule has 3 rings (SSSR count). The second kappa shape index (κ2) is 7.27. The van der Waals surface area contributed by atoms with Crippen molar-refractivity contribution in [3.63, 3.8) is 0 Å². The third-order valence-electron chi connectivity index (χ3n) is 2.98. The topological polar surface area (TPSA) is 87.4 Å². The highest BCUT2D eigenvalue weighted by molar-refractivity contribution is 6.34. The lowest BCUT2D eigenvalue weighted by atomic mass is 10.3. The molecule has 122 valence electrons. The zero-order valence-electron chi connectivity index (χ0n) is 12.1. The largest absolute Gasteiger partial charge is 0.329 e. The van der Waals surface area contributed by atoms with Crippen LogP contribution in [0.3, 0.4) is 0 Å². The van der Waals surface area contributed by atoms with Crippen LogP contribution in [0.4, 0.5) is 0 Å². The molecular formula is C13H14Cl3N7. The number of halogens is 3. The summed E-state index contributed by atoms with van der Waals surface area (Å²) >= 11 is 12.3. The predicted molar refractivity (Wildman–Crippen MR) is 91.4 cm³/mol. The summed E-state index contributed by atoms with van der Waals surface area (Å²) in [6.45, 7) is 2.86. The zero-order chi connectivity index (χ0) is 15.7.